The summed E-state index contributed by atoms with van der Waals surface area (Å²) in [5.74, 6) is 1.82. The lowest BCUT2D eigenvalue weighted by Gasteiger charge is -2.09. The van der Waals surface area contributed by atoms with Gasteiger partial charge in [0.1, 0.15) is 11.6 Å². The van der Waals surface area contributed by atoms with Gasteiger partial charge in [-0.05, 0) is 43.9 Å². The molecule has 0 atom stereocenters. The van der Waals surface area contributed by atoms with Crippen molar-refractivity contribution < 1.29 is 0 Å². The molecule has 2 aromatic rings. The van der Waals surface area contributed by atoms with Gasteiger partial charge in [-0.1, -0.05) is 25.1 Å². The lowest BCUT2D eigenvalue weighted by Crippen LogP contribution is -2.06. The molecule has 106 valence electrons. The summed E-state index contributed by atoms with van der Waals surface area (Å²) in [7, 11) is 0. The predicted molar refractivity (Wildman–Crippen MR) is 84.3 cm³/mol. The SMILES string of the molecule is CCNc1cc(CC)nc(Cc2ccc(C)c(C)c2)n1. The molecule has 1 N–H and O–H groups in total. The number of aryl methyl sites for hydroxylation is 3. The minimum absolute atomic E-state index is 0.785. The Bertz CT molecular complexity index is 591. The third kappa shape index (κ3) is 3.56. The van der Waals surface area contributed by atoms with Crippen molar-refractivity contribution in [3.05, 3.63) is 52.5 Å². The molecule has 0 unspecified atom stereocenters. The van der Waals surface area contributed by atoms with Crippen LogP contribution >= 0.6 is 0 Å². The lowest BCUT2D eigenvalue weighted by molar-refractivity contribution is 0.902. The van der Waals surface area contributed by atoms with Gasteiger partial charge in [-0.25, -0.2) is 9.97 Å². The van der Waals surface area contributed by atoms with Crippen LogP contribution in [0.1, 0.15) is 42.1 Å². The van der Waals surface area contributed by atoms with E-state index in [0.29, 0.717) is 0 Å². The van der Waals surface area contributed by atoms with Gasteiger partial charge in [-0.3, -0.25) is 0 Å². The molecule has 0 amide bonds. The van der Waals surface area contributed by atoms with Crippen LogP contribution in [0.15, 0.2) is 24.3 Å². The van der Waals surface area contributed by atoms with Gasteiger partial charge in [0.25, 0.3) is 0 Å². The van der Waals surface area contributed by atoms with Crippen LogP contribution in [0.25, 0.3) is 0 Å². The summed E-state index contributed by atoms with van der Waals surface area (Å²) in [6.45, 7) is 9.36. The summed E-state index contributed by atoms with van der Waals surface area (Å²) in [5.41, 5.74) is 5.00. The number of hydrogen-bond acceptors (Lipinski definition) is 3. The summed E-state index contributed by atoms with van der Waals surface area (Å²) >= 11 is 0. The molecule has 0 aliphatic rings. The molecule has 1 heterocycles. The fourth-order valence-corrected chi connectivity index (χ4v) is 2.18. The van der Waals surface area contributed by atoms with Gasteiger partial charge in [-0.15, -0.1) is 0 Å². The van der Waals surface area contributed by atoms with E-state index in [-0.39, 0.29) is 0 Å². The smallest absolute Gasteiger partial charge is 0.135 e. The molecule has 1 aromatic heterocycles. The Hall–Kier alpha value is -1.90. The zero-order valence-electron chi connectivity index (χ0n) is 12.8. The van der Waals surface area contributed by atoms with Crippen molar-refractivity contribution in [3.8, 4) is 0 Å². The maximum atomic E-state index is 4.63. The molecule has 0 bridgehead atoms. The van der Waals surface area contributed by atoms with Gasteiger partial charge < -0.3 is 5.32 Å². The Morgan fingerprint density at radius 1 is 1.00 bits per heavy atom. The molecule has 0 saturated heterocycles. The number of nitrogens with one attached hydrogen (secondary N) is 1. The average molecular weight is 269 g/mol. The van der Waals surface area contributed by atoms with Crippen molar-refractivity contribution in [3.63, 3.8) is 0 Å². The Balaban J connectivity index is 2.27. The molecule has 20 heavy (non-hydrogen) atoms. The Labute approximate surface area is 121 Å². The minimum atomic E-state index is 0.785. The zero-order valence-corrected chi connectivity index (χ0v) is 12.8. The highest BCUT2D eigenvalue weighted by Gasteiger charge is 2.05. The van der Waals surface area contributed by atoms with E-state index in [0.717, 1.165) is 36.7 Å². The van der Waals surface area contributed by atoms with Crippen molar-refractivity contribution in [2.24, 2.45) is 0 Å². The first kappa shape index (κ1) is 14.5. The van der Waals surface area contributed by atoms with Crippen LogP contribution in [0.5, 0.6) is 0 Å². The highest BCUT2D eigenvalue weighted by Crippen LogP contribution is 2.14. The zero-order chi connectivity index (χ0) is 14.5. The van der Waals surface area contributed by atoms with E-state index < -0.39 is 0 Å². The van der Waals surface area contributed by atoms with Crippen molar-refractivity contribution in [1.29, 1.82) is 0 Å². The molecule has 0 fully saturated rings. The third-order valence-electron chi connectivity index (χ3n) is 3.48. The van der Waals surface area contributed by atoms with Crippen molar-refractivity contribution in [2.75, 3.05) is 11.9 Å². The van der Waals surface area contributed by atoms with Crippen LogP contribution in [-0.4, -0.2) is 16.5 Å². The molecule has 1 aromatic carbocycles. The van der Waals surface area contributed by atoms with E-state index in [2.05, 4.69) is 61.2 Å². The molecule has 2 rings (SSSR count). The summed E-state index contributed by atoms with van der Waals surface area (Å²) in [5, 5.41) is 3.28. The van der Waals surface area contributed by atoms with Crippen molar-refractivity contribution >= 4 is 5.82 Å². The maximum absolute atomic E-state index is 4.63. The van der Waals surface area contributed by atoms with Gasteiger partial charge in [-0.2, -0.15) is 0 Å². The van der Waals surface area contributed by atoms with Crippen molar-refractivity contribution in [2.45, 2.75) is 40.5 Å². The number of aromatic nitrogens is 2. The third-order valence-corrected chi connectivity index (χ3v) is 3.48. The Kier molecular flexibility index (Phi) is 4.72. The van der Waals surface area contributed by atoms with Crippen LogP contribution in [-0.2, 0) is 12.8 Å². The number of rotatable bonds is 5. The monoisotopic (exact) mass is 269 g/mol. The van der Waals surface area contributed by atoms with Crippen LogP contribution in [0.3, 0.4) is 0 Å². The molecule has 0 spiro atoms. The van der Waals surface area contributed by atoms with E-state index >= 15 is 0 Å². The topological polar surface area (TPSA) is 37.8 Å². The molecule has 3 nitrogen and oxygen atoms in total. The fourth-order valence-electron chi connectivity index (χ4n) is 2.18. The summed E-state index contributed by atoms with van der Waals surface area (Å²) in [6, 6.07) is 8.59. The van der Waals surface area contributed by atoms with Crippen LogP contribution < -0.4 is 5.32 Å². The molecule has 0 aliphatic carbocycles. The largest absolute Gasteiger partial charge is 0.370 e. The summed E-state index contributed by atoms with van der Waals surface area (Å²) in [4.78, 5) is 9.23. The lowest BCUT2D eigenvalue weighted by atomic mass is 10.0. The van der Waals surface area contributed by atoms with Gasteiger partial charge in [0, 0.05) is 24.7 Å². The number of nitrogens with zero attached hydrogens (tertiary/aromatic N) is 2. The summed E-state index contributed by atoms with van der Waals surface area (Å²) in [6.07, 6.45) is 1.72. The molecule has 0 saturated carbocycles. The van der Waals surface area contributed by atoms with Crippen LogP contribution in [0, 0.1) is 13.8 Å². The van der Waals surface area contributed by atoms with E-state index in [1.54, 1.807) is 0 Å². The van der Waals surface area contributed by atoms with Gasteiger partial charge in [0.05, 0.1) is 0 Å². The predicted octanol–water partition coefficient (Wildman–Crippen LogP) is 3.68. The van der Waals surface area contributed by atoms with Gasteiger partial charge in [0.15, 0.2) is 0 Å². The molecule has 0 radical (unpaired) electrons. The van der Waals surface area contributed by atoms with Crippen LogP contribution in [0.2, 0.25) is 0 Å². The van der Waals surface area contributed by atoms with Crippen LogP contribution in [0.4, 0.5) is 5.82 Å². The molecular formula is C17H23N3. The highest BCUT2D eigenvalue weighted by atomic mass is 15.0. The highest BCUT2D eigenvalue weighted by molar-refractivity contribution is 5.37. The van der Waals surface area contributed by atoms with E-state index in [1.165, 1.54) is 16.7 Å². The van der Waals surface area contributed by atoms with E-state index in [9.17, 15) is 0 Å². The first-order valence-corrected chi connectivity index (χ1v) is 7.29. The summed E-state index contributed by atoms with van der Waals surface area (Å²) < 4.78 is 0. The second kappa shape index (κ2) is 6.51. The number of hydrogen-bond donors (Lipinski definition) is 1. The Morgan fingerprint density at radius 2 is 1.80 bits per heavy atom. The maximum Gasteiger partial charge on any atom is 0.135 e. The minimum Gasteiger partial charge on any atom is -0.370 e. The standard InChI is InChI=1S/C17H23N3/c1-5-15-11-16(18-6-2)20-17(19-15)10-14-8-7-12(3)13(4)9-14/h7-9,11H,5-6,10H2,1-4H3,(H,18,19,20). The molecule has 3 heteroatoms. The number of anilines is 1. The van der Waals surface area contributed by atoms with Gasteiger partial charge in [0.2, 0.25) is 0 Å². The average Bonchev–Trinajstić information content (AvgIpc) is 2.43. The number of benzene rings is 1. The van der Waals surface area contributed by atoms with Gasteiger partial charge >= 0.3 is 0 Å². The Morgan fingerprint density at radius 3 is 2.45 bits per heavy atom. The van der Waals surface area contributed by atoms with E-state index in [1.807, 2.05) is 6.07 Å². The van der Waals surface area contributed by atoms with E-state index in [4.69, 9.17) is 0 Å². The second-order valence-electron chi connectivity index (χ2n) is 5.14. The second-order valence-corrected chi connectivity index (χ2v) is 5.14. The molecular weight excluding hydrogens is 246 g/mol. The molecule has 0 aliphatic heterocycles. The van der Waals surface area contributed by atoms with Crippen molar-refractivity contribution in [1.82, 2.24) is 9.97 Å². The normalized spacial score (nSPS) is 10.6. The fraction of sp³-hybridized carbons (Fsp3) is 0.412. The first-order valence-electron chi connectivity index (χ1n) is 7.29. The quantitative estimate of drug-likeness (QED) is 0.899. The first-order chi connectivity index (χ1) is 9.62.